The Hall–Kier alpha value is -0.180. The highest BCUT2D eigenvalue weighted by Crippen LogP contribution is 2.63. The predicted octanol–water partition coefficient (Wildman–Crippen LogP) is 3.68. The summed E-state index contributed by atoms with van der Waals surface area (Å²) in [6.45, 7) is 8.92. The quantitative estimate of drug-likeness (QED) is 0.716. The molecule has 3 atom stereocenters. The largest absolute Gasteiger partial charge is 0.292 e. The summed E-state index contributed by atoms with van der Waals surface area (Å²) in [4.78, 5) is 2.54. The number of hydrogen-bond acceptors (Lipinski definition) is 1. The Balaban J connectivity index is 2.00. The Morgan fingerprint density at radius 2 is 1.94 bits per heavy atom. The monoisotopic (exact) mass is 231 g/mol. The first-order valence-corrected chi connectivity index (χ1v) is 6.33. The standard InChI is InChI=1S/C13H23F2N/c1-9-7-13(6-5-11(14)15)8-10(13)16(9)12(2,3)4/h9-11H,5-8H2,1-4H3/t9-,10-,13+/m1/s1. The van der Waals surface area contributed by atoms with Crippen molar-refractivity contribution >= 4 is 0 Å². The van der Waals surface area contributed by atoms with Gasteiger partial charge in [0.25, 0.3) is 0 Å². The van der Waals surface area contributed by atoms with E-state index in [0.717, 1.165) is 12.8 Å². The van der Waals surface area contributed by atoms with Crippen LogP contribution in [0.1, 0.15) is 53.4 Å². The van der Waals surface area contributed by atoms with Crippen molar-refractivity contribution in [3.63, 3.8) is 0 Å². The van der Waals surface area contributed by atoms with Crippen LogP contribution in [0.2, 0.25) is 0 Å². The van der Waals surface area contributed by atoms with Crippen LogP contribution in [0.5, 0.6) is 0 Å². The number of halogens is 2. The van der Waals surface area contributed by atoms with Gasteiger partial charge in [-0.1, -0.05) is 0 Å². The molecule has 16 heavy (non-hydrogen) atoms. The maximum absolute atomic E-state index is 12.3. The van der Waals surface area contributed by atoms with Crippen LogP contribution < -0.4 is 0 Å². The second kappa shape index (κ2) is 3.66. The first kappa shape index (κ1) is 12.3. The van der Waals surface area contributed by atoms with E-state index in [0.29, 0.717) is 18.5 Å². The highest BCUT2D eigenvalue weighted by Gasteiger charge is 2.64. The minimum absolute atomic E-state index is 0.0845. The first-order chi connectivity index (χ1) is 7.26. The van der Waals surface area contributed by atoms with Crippen molar-refractivity contribution in [3.05, 3.63) is 0 Å². The molecule has 2 fully saturated rings. The van der Waals surface area contributed by atoms with Crippen LogP contribution >= 0.6 is 0 Å². The van der Waals surface area contributed by atoms with Crippen molar-refractivity contribution in [1.82, 2.24) is 4.90 Å². The summed E-state index contributed by atoms with van der Waals surface area (Å²) in [5.41, 5.74) is 0.413. The van der Waals surface area contributed by atoms with Crippen molar-refractivity contribution in [1.29, 1.82) is 0 Å². The summed E-state index contributed by atoms with van der Waals surface area (Å²) in [6.07, 6.45) is 0.922. The van der Waals surface area contributed by atoms with E-state index in [-0.39, 0.29) is 17.4 Å². The molecule has 0 aromatic heterocycles. The van der Waals surface area contributed by atoms with Crippen molar-refractivity contribution in [2.75, 3.05) is 0 Å². The van der Waals surface area contributed by atoms with Crippen LogP contribution in [0.4, 0.5) is 8.78 Å². The van der Waals surface area contributed by atoms with Gasteiger partial charge < -0.3 is 0 Å². The van der Waals surface area contributed by atoms with Crippen molar-refractivity contribution in [2.24, 2.45) is 5.41 Å². The molecule has 0 aromatic rings. The van der Waals surface area contributed by atoms with Crippen LogP contribution in [0, 0.1) is 5.41 Å². The van der Waals surface area contributed by atoms with Gasteiger partial charge in [0.2, 0.25) is 6.43 Å². The highest BCUT2D eigenvalue weighted by molar-refractivity contribution is 5.18. The maximum Gasteiger partial charge on any atom is 0.238 e. The first-order valence-electron chi connectivity index (χ1n) is 6.33. The second-order valence-corrected chi connectivity index (χ2v) is 6.64. The molecule has 0 unspecified atom stereocenters. The Labute approximate surface area is 97.2 Å². The molecular formula is C13H23F2N. The zero-order valence-electron chi connectivity index (χ0n) is 10.8. The average Bonchev–Trinajstić information content (AvgIpc) is 2.67. The van der Waals surface area contributed by atoms with Gasteiger partial charge in [-0.15, -0.1) is 0 Å². The summed E-state index contributed by atoms with van der Waals surface area (Å²) >= 11 is 0. The van der Waals surface area contributed by atoms with Crippen LogP contribution in [0.25, 0.3) is 0 Å². The number of nitrogens with zero attached hydrogens (tertiary/aromatic N) is 1. The minimum Gasteiger partial charge on any atom is -0.292 e. The highest BCUT2D eigenvalue weighted by atomic mass is 19.3. The predicted molar refractivity (Wildman–Crippen MR) is 61.7 cm³/mol. The Kier molecular flexibility index (Phi) is 2.81. The van der Waals surface area contributed by atoms with E-state index in [1.54, 1.807) is 0 Å². The molecule has 0 aromatic carbocycles. The van der Waals surface area contributed by atoms with Crippen molar-refractivity contribution in [2.45, 2.75) is 77.4 Å². The van der Waals surface area contributed by atoms with Crippen LogP contribution in [0.15, 0.2) is 0 Å². The lowest BCUT2D eigenvalue weighted by Crippen LogP contribution is -2.45. The molecule has 0 bridgehead atoms. The molecular weight excluding hydrogens is 208 g/mol. The fourth-order valence-electron chi connectivity index (χ4n) is 3.83. The van der Waals surface area contributed by atoms with E-state index < -0.39 is 6.43 Å². The molecule has 1 nitrogen and oxygen atoms in total. The topological polar surface area (TPSA) is 3.24 Å². The van der Waals surface area contributed by atoms with E-state index >= 15 is 0 Å². The van der Waals surface area contributed by atoms with Crippen LogP contribution in [-0.4, -0.2) is 28.9 Å². The molecule has 3 heteroatoms. The summed E-state index contributed by atoms with van der Waals surface area (Å²) < 4.78 is 24.6. The summed E-state index contributed by atoms with van der Waals surface area (Å²) in [5.74, 6) is 0. The third-order valence-corrected chi connectivity index (χ3v) is 4.29. The number of hydrogen-bond donors (Lipinski definition) is 0. The molecule has 0 radical (unpaired) electrons. The van der Waals surface area contributed by atoms with Gasteiger partial charge in [0, 0.05) is 24.0 Å². The van der Waals surface area contributed by atoms with Crippen LogP contribution in [-0.2, 0) is 0 Å². The van der Waals surface area contributed by atoms with Crippen LogP contribution in [0.3, 0.4) is 0 Å². The SMILES string of the molecule is C[C@@H]1C[C@@]2(CCC(F)F)C[C@H]2N1C(C)(C)C. The molecule has 0 amide bonds. The van der Waals surface area contributed by atoms with E-state index in [2.05, 4.69) is 32.6 Å². The Bertz CT molecular complexity index is 272. The third kappa shape index (κ3) is 1.99. The van der Waals surface area contributed by atoms with Gasteiger partial charge in [-0.25, -0.2) is 8.78 Å². The summed E-state index contributed by atoms with van der Waals surface area (Å²) in [6, 6.07) is 1.12. The molecule has 1 aliphatic carbocycles. The molecule has 1 saturated carbocycles. The molecule has 94 valence electrons. The van der Waals surface area contributed by atoms with Gasteiger partial charge in [-0.3, -0.25) is 4.90 Å². The smallest absolute Gasteiger partial charge is 0.238 e. The van der Waals surface area contributed by atoms with Gasteiger partial charge in [-0.2, -0.15) is 0 Å². The maximum atomic E-state index is 12.3. The van der Waals surface area contributed by atoms with E-state index in [4.69, 9.17) is 0 Å². The number of likely N-dealkylation sites (tertiary alicyclic amines) is 1. The van der Waals surface area contributed by atoms with Crippen molar-refractivity contribution < 1.29 is 8.78 Å². The zero-order valence-corrected chi connectivity index (χ0v) is 10.8. The van der Waals surface area contributed by atoms with Crippen molar-refractivity contribution in [3.8, 4) is 0 Å². The summed E-state index contributed by atoms with van der Waals surface area (Å²) in [5, 5.41) is 0. The Morgan fingerprint density at radius 1 is 1.31 bits per heavy atom. The second-order valence-electron chi connectivity index (χ2n) is 6.64. The normalized spacial score (nSPS) is 39.2. The molecule has 1 saturated heterocycles. The lowest BCUT2D eigenvalue weighted by molar-refractivity contribution is 0.104. The van der Waals surface area contributed by atoms with E-state index in [1.807, 2.05) is 0 Å². The van der Waals surface area contributed by atoms with Gasteiger partial charge in [-0.05, 0) is 52.4 Å². The number of piperidine rings is 1. The van der Waals surface area contributed by atoms with E-state index in [9.17, 15) is 8.78 Å². The van der Waals surface area contributed by atoms with Gasteiger partial charge >= 0.3 is 0 Å². The zero-order chi connectivity index (χ0) is 12.1. The van der Waals surface area contributed by atoms with Gasteiger partial charge in [0.05, 0.1) is 0 Å². The fourth-order valence-corrected chi connectivity index (χ4v) is 3.83. The number of alkyl halides is 2. The number of fused-ring (bicyclic) bond motifs is 1. The fraction of sp³-hybridized carbons (Fsp3) is 1.00. The van der Waals surface area contributed by atoms with Gasteiger partial charge in [0.1, 0.15) is 0 Å². The molecule has 1 heterocycles. The lowest BCUT2D eigenvalue weighted by atomic mass is 9.94. The molecule has 2 aliphatic rings. The lowest BCUT2D eigenvalue weighted by Gasteiger charge is -2.37. The third-order valence-electron chi connectivity index (χ3n) is 4.29. The minimum atomic E-state index is -2.13. The van der Waals surface area contributed by atoms with E-state index in [1.165, 1.54) is 0 Å². The molecule has 1 aliphatic heterocycles. The Morgan fingerprint density at radius 3 is 2.38 bits per heavy atom. The van der Waals surface area contributed by atoms with Gasteiger partial charge in [0.15, 0.2) is 0 Å². The molecule has 0 spiro atoms. The average molecular weight is 231 g/mol. The summed E-state index contributed by atoms with van der Waals surface area (Å²) in [7, 11) is 0. The molecule has 0 N–H and O–H groups in total. The number of rotatable bonds is 3. The molecule has 2 rings (SSSR count).